The van der Waals surface area contributed by atoms with Gasteiger partial charge in [-0.1, -0.05) is 29.8 Å². The van der Waals surface area contributed by atoms with Crippen LogP contribution in [0, 0.1) is 10.5 Å². The van der Waals surface area contributed by atoms with Crippen molar-refractivity contribution in [1.82, 2.24) is 4.98 Å². The summed E-state index contributed by atoms with van der Waals surface area (Å²) in [6, 6.07) is 16.3. The molecule has 1 N–H and O–H groups in total. The van der Waals surface area contributed by atoms with E-state index in [0.29, 0.717) is 0 Å². The van der Waals surface area contributed by atoms with E-state index in [1.807, 2.05) is 31.2 Å². The van der Waals surface area contributed by atoms with Gasteiger partial charge in [0, 0.05) is 31.9 Å². The van der Waals surface area contributed by atoms with E-state index < -0.39 is 0 Å². The summed E-state index contributed by atoms with van der Waals surface area (Å²) < 4.78 is 1.12. The third-order valence-corrected chi connectivity index (χ3v) is 4.46. The number of aryl methyl sites for hydroxylation is 1. The number of para-hydroxylation sites is 1. The highest BCUT2D eigenvalue weighted by molar-refractivity contribution is 14.1. The SMILES string of the molecule is Cc1cc(CNc2ccc(Cl)cc2I)c2ccccc2n1. The Morgan fingerprint density at radius 1 is 1.14 bits per heavy atom. The van der Waals surface area contributed by atoms with Crippen molar-refractivity contribution in [2.45, 2.75) is 13.5 Å². The van der Waals surface area contributed by atoms with Crippen LogP contribution >= 0.6 is 34.2 Å². The van der Waals surface area contributed by atoms with E-state index in [9.17, 15) is 0 Å². The van der Waals surface area contributed by atoms with Crippen molar-refractivity contribution >= 4 is 50.8 Å². The average Bonchev–Trinajstić information content (AvgIpc) is 2.46. The zero-order chi connectivity index (χ0) is 14.8. The molecule has 106 valence electrons. The van der Waals surface area contributed by atoms with E-state index in [-0.39, 0.29) is 0 Å². The summed E-state index contributed by atoms with van der Waals surface area (Å²) in [6.45, 7) is 2.80. The number of hydrogen-bond acceptors (Lipinski definition) is 2. The largest absolute Gasteiger partial charge is 0.380 e. The van der Waals surface area contributed by atoms with E-state index in [2.05, 4.69) is 57.2 Å². The summed E-state index contributed by atoms with van der Waals surface area (Å²) in [7, 11) is 0. The molecule has 0 aliphatic carbocycles. The monoisotopic (exact) mass is 408 g/mol. The number of hydrogen-bond donors (Lipinski definition) is 1. The van der Waals surface area contributed by atoms with Crippen LogP contribution in [0.4, 0.5) is 5.69 Å². The molecule has 2 aromatic carbocycles. The molecule has 0 unspecified atom stereocenters. The molecular weight excluding hydrogens is 395 g/mol. The van der Waals surface area contributed by atoms with Crippen molar-refractivity contribution in [3.05, 3.63) is 68.4 Å². The lowest BCUT2D eigenvalue weighted by Gasteiger charge is -2.12. The highest BCUT2D eigenvalue weighted by atomic mass is 127. The van der Waals surface area contributed by atoms with Gasteiger partial charge in [0.25, 0.3) is 0 Å². The van der Waals surface area contributed by atoms with E-state index in [1.54, 1.807) is 0 Å². The average molecular weight is 409 g/mol. The molecular formula is C17H14ClIN2. The Bertz CT molecular complexity index is 802. The van der Waals surface area contributed by atoms with E-state index >= 15 is 0 Å². The van der Waals surface area contributed by atoms with Crippen LogP contribution in [0.15, 0.2) is 48.5 Å². The van der Waals surface area contributed by atoms with Crippen molar-refractivity contribution in [1.29, 1.82) is 0 Å². The molecule has 0 atom stereocenters. The van der Waals surface area contributed by atoms with Crippen LogP contribution in [0.25, 0.3) is 10.9 Å². The lowest BCUT2D eigenvalue weighted by Crippen LogP contribution is -2.03. The number of benzene rings is 2. The Kier molecular flexibility index (Phi) is 4.31. The fourth-order valence-corrected chi connectivity index (χ4v) is 3.43. The fourth-order valence-electron chi connectivity index (χ4n) is 2.36. The molecule has 2 nitrogen and oxygen atoms in total. The zero-order valence-electron chi connectivity index (χ0n) is 11.5. The van der Waals surface area contributed by atoms with Gasteiger partial charge in [0.1, 0.15) is 0 Å². The van der Waals surface area contributed by atoms with Crippen molar-refractivity contribution in [3.8, 4) is 0 Å². The summed E-state index contributed by atoms with van der Waals surface area (Å²) >= 11 is 8.29. The number of anilines is 1. The predicted octanol–water partition coefficient (Wildman–Crippen LogP) is 5.41. The summed E-state index contributed by atoms with van der Waals surface area (Å²) in [4.78, 5) is 4.57. The summed E-state index contributed by atoms with van der Waals surface area (Å²) in [5.41, 5.74) is 4.43. The quantitative estimate of drug-likeness (QED) is 0.586. The maximum absolute atomic E-state index is 5.99. The minimum Gasteiger partial charge on any atom is -0.380 e. The Morgan fingerprint density at radius 3 is 2.76 bits per heavy atom. The zero-order valence-corrected chi connectivity index (χ0v) is 14.4. The normalized spacial score (nSPS) is 10.8. The van der Waals surface area contributed by atoms with Crippen molar-refractivity contribution < 1.29 is 0 Å². The van der Waals surface area contributed by atoms with Gasteiger partial charge in [0.05, 0.1) is 5.52 Å². The van der Waals surface area contributed by atoms with Gasteiger partial charge in [-0.25, -0.2) is 0 Å². The Morgan fingerprint density at radius 2 is 1.95 bits per heavy atom. The summed E-state index contributed by atoms with van der Waals surface area (Å²) in [6.07, 6.45) is 0. The second-order valence-electron chi connectivity index (χ2n) is 4.92. The molecule has 3 aromatic rings. The minimum absolute atomic E-state index is 0.759. The van der Waals surface area contributed by atoms with Gasteiger partial charge in [-0.15, -0.1) is 0 Å². The molecule has 0 aliphatic rings. The van der Waals surface area contributed by atoms with Gasteiger partial charge in [0.15, 0.2) is 0 Å². The van der Waals surface area contributed by atoms with Gasteiger partial charge in [0.2, 0.25) is 0 Å². The van der Waals surface area contributed by atoms with Crippen LogP contribution in [0.1, 0.15) is 11.3 Å². The van der Waals surface area contributed by atoms with E-state index in [1.165, 1.54) is 10.9 Å². The fraction of sp³-hybridized carbons (Fsp3) is 0.118. The Hall–Kier alpha value is -1.33. The summed E-state index contributed by atoms with van der Waals surface area (Å²) in [5.74, 6) is 0. The highest BCUT2D eigenvalue weighted by Gasteiger charge is 2.05. The molecule has 1 aromatic heterocycles. The summed E-state index contributed by atoms with van der Waals surface area (Å²) in [5, 5.41) is 5.44. The minimum atomic E-state index is 0.759. The van der Waals surface area contributed by atoms with Crippen LogP contribution in [-0.4, -0.2) is 4.98 Å². The molecule has 0 aliphatic heterocycles. The first-order valence-corrected chi connectivity index (χ1v) is 8.13. The van der Waals surface area contributed by atoms with Crippen molar-refractivity contribution in [2.75, 3.05) is 5.32 Å². The Labute approximate surface area is 142 Å². The third-order valence-electron chi connectivity index (χ3n) is 3.33. The third kappa shape index (κ3) is 3.30. The van der Waals surface area contributed by atoms with Crippen LogP contribution in [-0.2, 0) is 6.54 Å². The first kappa shape index (κ1) is 14.6. The van der Waals surface area contributed by atoms with Crippen molar-refractivity contribution in [2.24, 2.45) is 0 Å². The van der Waals surface area contributed by atoms with Gasteiger partial charge < -0.3 is 5.32 Å². The number of rotatable bonds is 3. The number of pyridine rings is 1. The van der Waals surface area contributed by atoms with Gasteiger partial charge in [-0.2, -0.15) is 0 Å². The first-order valence-electron chi connectivity index (χ1n) is 6.68. The number of nitrogens with zero attached hydrogens (tertiary/aromatic N) is 1. The smallest absolute Gasteiger partial charge is 0.0708 e. The molecule has 0 radical (unpaired) electrons. The molecule has 0 fully saturated rings. The van der Waals surface area contributed by atoms with Crippen LogP contribution in [0.5, 0.6) is 0 Å². The topological polar surface area (TPSA) is 24.9 Å². The van der Waals surface area contributed by atoms with E-state index in [4.69, 9.17) is 11.6 Å². The van der Waals surface area contributed by atoms with Crippen LogP contribution in [0.2, 0.25) is 5.02 Å². The lowest BCUT2D eigenvalue weighted by molar-refractivity contribution is 1.13. The highest BCUT2D eigenvalue weighted by Crippen LogP contribution is 2.24. The molecule has 0 amide bonds. The molecule has 3 rings (SSSR count). The van der Waals surface area contributed by atoms with E-state index in [0.717, 1.165) is 32.0 Å². The molecule has 0 saturated carbocycles. The lowest BCUT2D eigenvalue weighted by atomic mass is 10.1. The number of aromatic nitrogens is 1. The van der Waals surface area contributed by atoms with Gasteiger partial charge in [-0.3, -0.25) is 4.98 Å². The molecule has 4 heteroatoms. The maximum atomic E-state index is 5.99. The second-order valence-corrected chi connectivity index (χ2v) is 6.52. The van der Waals surface area contributed by atoms with Crippen LogP contribution < -0.4 is 5.32 Å². The molecule has 0 bridgehead atoms. The van der Waals surface area contributed by atoms with Crippen LogP contribution in [0.3, 0.4) is 0 Å². The number of halogens is 2. The first-order chi connectivity index (χ1) is 10.1. The van der Waals surface area contributed by atoms with Gasteiger partial charge >= 0.3 is 0 Å². The number of fused-ring (bicyclic) bond motifs is 1. The molecule has 21 heavy (non-hydrogen) atoms. The standard InChI is InChI=1S/C17H14ClIN2/c1-11-8-12(14-4-2-3-5-16(14)21-11)10-20-17-7-6-13(18)9-15(17)19/h2-9,20H,10H2,1H3. The maximum Gasteiger partial charge on any atom is 0.0708 e. The van der Waals surface area contributed by atoms with Crippen molar-refractivity contribution in [3.63, 3.8) is 0 Å². The van der Waals surface area contributed by atoms with Gasteiger partial charge in [-0.05, 0) is 65.4 Å². The second kappa shape index (κ2) is 6.20. The molecule has 0 spiro atoms. The number of nitrogens with one attached hydrogen (secondary N) is 1. The Balaban J connectivity index is 1.91. The predicted molar refractivity (Wildman–Crippen MR) is 98.0 cm³/mol. The molecule has 1 heterocycles. The molecule has 0 saturated heterocycles.